The topological polar surface area (TPSA) is 58.2 Å². The van der Waals surface area contributed by atoms with E-state index in [-0.39, 0.29) is 17.1 Å². The average molecular weight is 356 g/mol. The lowest BCUT2D eigenvalue weighted by molar-refractivity contribution is -0.116. The van der Waals surface area contributed by atoms with Crippen LogP contribution in [0.25, 0.3) is 0 Å². The van der Waals surface area contributed by atoms with Gasteiger partial charge < -0.3 is 10.6 Å². The summed E-state index contributed by atoms with van der Waals surface area (Å²) in [5.74, 6) is -0.0209. The minimum Gasteiger partial charge on any atom is -0.326 e. The highest BCUT2D eigenvalue weighted by Crippen LogP contribution is 2.26. The summed E-state index contributed by atoms with van der Waals surface area (Å²) in [6.07, 6.45) is 2.41. The molecule has 0 fully saturated rings. The lowest BCUT2D eigenvalue weighted by Crippen LogP contribution is -2.22. The van der Waals surface area contributed by atoms with Crippen LogP contribution in [0.1, 0.15) is 33.1 Å². The van der Waals surface area contributed by atoms with Gasteiger partial charge in [0.05, 0.1) is 5.25 Å². The van der Waals surface area contributed by atoms with Crippen LogP contribution in [-0.4, -0.2) is 17.1 Å². The van der Waals surface area contributed by atoms with E-state index < -0.39 is 0 Å². The molecule has 0 bridgehead atoms. The average Bonchev–Trinajstić information content (AvgIpc) is 2.61. The highest BCUT2D eigenvalue weighted by molar-refractivity contribution is 8.00. The second kappa shape index (κ2) is 9.89. The van der Waals surface area contributed by atoms with Crippen molar-refractivity contribution < 1.29 is 9.59 Å². The Kier molecular flexibility index (Phi) is 7.54. The molecule has 2 rings (SSSR count). The van der Waals surface area contributed by atoms with Gasteiger partial charge in [0, 0.05) is 22.7 Å². The Labute approximate surface area is 153 Å². The number of amides is 2. The van der Waals surface area contributed by atoms with Crippen LogP contribution in [0.3, 0.4) is 0 Å². The molecule has 0 aliphatic heterocycles. The normalized spacial score (nSPS) is 11.6. The molecule has 0 aliphatic carbocycles. The van der Waals surface area contributed by atoms with Gasteiger partial charge in [0.15, 0.2) is 0 Å². The van der Waals surface area contributed by atoms with E-state index in [2.05, 4.69) is 17.6 Å². The molecule has 0 aromatic heterocycles. The summed E-state index contributed by atoms with van der Waals surface area (Å²) in [6, 6.07) is 17.0. The first-order valence-electron chi connectivity index (χ1n) is 8.51. The smallest absolute Gasteiger partial charge is 0.237 e. The van der Waals surface area contributed by atoms with Crippen LogP contribution in [0.2, 0.25) is 0 Å². The van der Waals surface area contributed by atoms with E-state index in [0.717, 1.165) is 29.1 Å². The molecule has 1 atom stereocenters. The molecule has 2 N–H and O–H groups in total. The summed E-state index contributed by atoms with van der Waals surface area (Å²) in [4.78, 5) is 25.1. The van der Waals surface area contributed by atoms with Crippen LogP contribution >= 0.6 is 11.8 Å². The second-order valence-electron chi connectivity index (χ2n) is 5.79. The monoisotopic (exact) mass is 356 g/mol. The molecule has 0 radical (unpaired) electrons. The first kappa shape index (κ1) is 19.1. The molecule has 0 heterocycles. The van der Waals surface area contributed by atoms with Gasteiger partial charge in [-0.15, -0.1) is 11.8 Å². The molecule has 132 valence electrons. The number of para-hydroxylation sites is 1. The lowest BCUT2D eigenvalue weighted by Gasteiger charge is -2.13. The number of carbonyl (C=O) groups is 2. The van der Waals surface area contributed by atoms with Crippen molar-refractivity contribution in [2.24, 2.45) is 0 Å². The van der Waals surface area contributed by atoms with E-state index in [4.69, 9.17) is 0 Å². The molecular formula is C20H24N2O2S. The van der Waals surface area contributed by atoms with Crippen molar-refractivity contribution in [3.8, 4) is 0 Å². The van der Waals surface area contributed by atoms with Crippen LogP contribution in [0.15, 0.2) is 59.5 Å². The van der Waals surface area contributed by atoms with Crippen LogP contribution in [0.5, 0.6) is 0 Å². The van der Waals surface area contributed by atoms with E-state index in [0.29, 0.717) is 6.42 Å². The second-order valence-corrected chi connectivity index (χ2v) is 7.21. The largest absolute Gasteiger partial charge is 0.326 e. The van der Waals surface area contributed by atoms with Gasteiger partial charge >= 0.3 is 0 Å². The molecular weight excluding hydrogens is 332 g/mol. The van der Waals surface area contributed by atoms with Crippen molar-refractivity contribution in [2.45, 2.75) is 43.3 Å². The van der Waals surface area contributed by atoms with Crippen LogP contribution < -0.4 is 10.6 Å². The van der Waals surface area contributed by atoms with Gasteiger partial charge in [-0.2, -0.15) is 0 Å². The highest BCUT2D eigenvalue weighted by atomic mass is 32.2. The standard InChI is InChI=1S/C20H24N2O2S/c1-3-4-13-19(23)21-17-11-8-12-18(14-17)25-15(2)20(24)22-16-9-6-5-7-10-16/h5-12,14-15H,3-4,13H2,1-2H3,(H,21,23)(H,22,24). The number of thioether (sulfide) groups is 1. The van der Waals surface area contributed by atoms with Gasteiger partial charge in [0.2, 0.25) is 11.8 Å². The third kappa shape index (κ3) is 6.63. The maximum absolute atomic E-state index is 12.3. The fourth-order valence-electron chi connectivity index (χ4n) is 2.23. The van der Waals surface area contributed by atoms with Crippen molar-refractivity contribution in [1.29, 1.82) is 0 Å². The van der Waals surface area contributed by atoms with E-state index in [1.165, 1.54) is 11.8 Å². The zero-order valence-corrected chi connectivity index (χ0v) is 15.4. The van der Waals surface area contributed by atoms with E-state index in [1.807, 2.05) is 61.5 Å². The molecule has 0 saturated carbocycles. The van der Waals surface area contributed by atoms with Gasteiger partial charge in [0.1, 0.15) is 0 Å². The predicted molar refractivity (Wildman–Crippen MR) is 105 cm³/mol. The summed E-state index contributed by atoms with van der Waals surface area (Å²) in [5.41, 5.74) is 1.55. The number of rotatable bonds is 8. The zero-order valence-electron chi connectivity index (χ0n) is 14.6. The van der Waals surface area contributed by atoms with Gasteiger partial charge in [-0.3, -0.25) is 9.59 Å². The Balaban J connectivity index is 1.92. The Morgan fingerprint density at radius 3 is 2.44 bits per heavy atom. The third-order valence-corrected chi connectivity index (χ3v) is 4.69. The number of hydrogen-bond donors (Lipinski definition) is 2. The number of nitrogens with one attached hydrogen (secondary N) is 2. The first-order chi connectivity index (χ1) is 12.1. The maximum Gasteiger partial charge on any atom is 0.237 e. The van der Waals surface area contributed by atoms with Crippen molar-refractivity contribution in [3.05, 3.63) is 54.6 Å². The van der Waals surface area contributed by atoms with Crippen molar-refractivity contribution in [2.75, 3.05) is 10.6 Å². The fourth-order valence-corrected chi connectivity index (χ4v) is 3.16. The molecule has 2 aromatic carbocycles. The van der Waals surface area contributed by atoms with Gasteiger partial charge in [-0.25, -0.2) is 0 Å². The fraction of sp³-hybridized carbons (Fsp3) is 0.300. The summed E-state index contributed by atoms with van der Waals surface area (Å²) >= 11 is 1.47. The number of anilines is 2. The van der Waals surface area contributed by atoms with Crippen LogP contribution in [0.4, 0.5) is 11.4 Å². The van der Waals surface area contributed by atoms with Crippen molar-refractivity contribution in [3.63, 3.8) is 0 Å². The maximum atomic E-state index is 12.3. The molecule has 1 unspecified atom stereocenters. The lowest BCUT2D eigenvalue weighted by atomic mass is 10.2. The minimum absolute atomic E-state index is 0.0267. The summed E-state index contributed by atoms with van der Waals surface area (Å²) in [5, 5.41) is 5.56. The van der Waals surface area contributed by atoms with E-state index in [9.17, 15) is 9.59 Å². The Morgan fingerprint density at radius 2 is 1.72 bits per heavy atom. The first-order valence-corrected chi connectivity index (χ1v) is 9.39. The summed E-state index contributed by atoms with van der Waals surface area (Å²) < 4.78 is 0. The molecule has 5 heteroatoms. The number of unbranched alkanes of at least 4 members (excludes halogenated alkanes) is 1. The Hall–Kier alpha value is -2.27. The molecule has 2 aromatic rings. The molecule has 4 nitrogen and oxygen atoms in total. The van der Waals surface area contributed by atoms with Crippen molar-refractivity contribution >= 4 is 35.0 Å². The number of hydrogen-bond acceptors (Lipinski definition) is 3. The van der Waals surface area contributed by atoms with Gasteiger partial charge in [-0.05, 0) is 43.7 Å². The molecule has 0 aliphatic rings. The predicted octanol–water partition coefficient (Wildman–Crippen LogP) is 4.93. The SMILES string of the molecule is CCCCC(=O)Nc1cccc(SC(C)C(=O)Nc2ccccc2)c1. The molecule has 2 amide bonds. The zero-order chi connectivity index (χ0) is 18.1. The van der Waals surface area contributed by atoms with Gasteiger partial charge in [0.25, 0.3) is 0 Å². The van der Waals surface area contributed by atoms with Crippen LogP contribution in [0, 0.1) is 0 Å². The molecule has 25 heavy (non-hydrogen) atoms. The summed E-state index contributed by atoms with van der Waals surface area (Å²) in [6.45, 7) is 3.93. The van der Waals surface area contributed by atoms with E-state index >= 15 is 0 Å². The third-order valence-electron chi connectivity index (χ3n) is 3.60. The van der Waals surface area contributed by atoms with E-state index in [1.54, 1.807) is 0 Å². The summed E-state index contributed by atoms with van der Waals surface area (Å²) in [7, 11) is 0. The number of carbonyl (C=O) groups excluding carboxylic acids is 2. The molecule has 0 spiro atoms. The number of benzene rings is 2. The minimum atomic E-state index is -0.244. The highest BCUT2D eigenvalue weighted by Gasteiger charge is 2.15. The Morgan fingerprint density at radius 1 is 1.00 bits per heavy atom. The van der Waals surface area contributed by atoms with Crippen LogP contribution in [-0.2, 0) is 9.59 Å². The molecule has 0 saturated heterocycles. The quantitative estimate of drug-likeness (QED) is 0.659. The van der Waals surface area contributed by atoms with Gasteiger partial charge in [-0.1, -0.05) is 37.6 Å². The van der Waals surface area contributed by atoms with Crippen molar-refractivity contribution in [1.82, 2.24) is 0 Å². The Bertz CT molecular complexity index is 704.